The number of carbonyl (C=O) groups excluding carboxylic acids is 1. The average Bonchev–Trinajstić information content (AvgIpc) is 2.58. The molecule has 1 aromatic rings. The van der Waals surface area contributed by atoms with Crippen LogP contribution in [-0.4, -0.2) is 38.9 Å². The zero-order valence-electron chi connectivity index (χ0n) is 15.8. The molecule has 0 unspecified atom stereocenters. The van der Waals surface area contributed by atoms with E-state index in [2.05, 4.69) is 15.6 Å². The second kappa shape index (κ2) is 9.61. The Labute approximate surface area is 148 Å². The number of carbonyl (C=O) groups is 1. The minimum absolute atomic E-state index is 0.0220. The van der Waals surface area contributed by atoms with Gasteiger partial charge in [-0.3, -0.25) is 10.3 Å². The van der Waals surface area contributed by atoms with E-state index >= 15 is 0 Å². The van der Waals surface area contributed by atoms with Crippen LogP contribution in [0.15, 0.2) is 4.99 Å². The molecule has 1 aromatic carbocycles. The molecule has 0 bridgehead atoms. The summed E-state index contributed by atoms with van der Waals surface area (Å²) >= 11 is 0. The Bertz CT molecular complexity index is 611. The lowest BCUT2D eigenvalue weighted by Crippen LogP contribution is -2.39. The monoisotopic (exact) mass is 352 g/mol. The SMILES string of the molecule is CCOc1c(C)c(NC(=O)NC(N)=NC)c(C)c(OCC)c1OCC. The minimum atomic E-state index is -0.497. The molecule has 0 radical (unpaired) electrons. The predicted molar refractivity (Wildman–Crippen MR) is 99.1 cm³/mol. The first-order valence-corrected chi connectivity index (χ1v) is 8.26. The highest BCUT2D eigenvalue weighted by molar-refractivity contribution is 6.03. The Morgan fingerprint density at radius 3 is 1.80 bits per heavy atom. The molecule has 0 aliphatic rings. The summed E-state index contributed by atoms with van der Waals surface area (Å²) in [5.74, 6) is 1.66. The molecule has 140 valence electrons. The van der Waals surface area contributed by atoms with Gasteiger partial charge in [0.15, 0.2) is 17.5 Å². The van der Waals surface area contributed by atoms with Gasteiger partial charge in [-0.05, 0) is 34.6 Å². The Balaban J connectivity index is 3.43. The number of aliphatic imine (C=N–C) groups is 1. The van der Waals surface area contributed by atoms with E-state index in [0.717, 1.165) is 11.1 Å². The number of benzene rings is 1. The van der Waals surface area contributed by atoms with Gasteiger partial charge >= 0.3 is 6.03 Å². The van der Waals surface area contributed by atoms with Crippen LogP contribution >= 0.6 is 0 Å². The summed E-state index contributed by atoms with van der Waals surface area (Å²) < 4.78 is 17.3. The van der Waals surface area contributed by atoms with Crippen molar-refractivity contribution < 1.29 is 19.0 Å². The van der Waals surface area contributed by atoms with Gasteiger partial charge in [0.2, 0.25) is 5.75 Å². The van der Waals surface area contributed by atoms with E-state index in [4.69, 9.17) is 19.9 Å². The first-order valence-electron chi connectivity index (χ1n) is 8.26. The number of nitrogens with two attached hydrogens (primary N) is 1. The number of ether oxygens (including phenoxy) is 3. The molecule has 8 heteroatoms. The number of rotatable bonds is 7. The fourth-order valence-electron chi connectivity index (χ4n) is 2.37. The van der Waals surface area contributed by atoms with Crippen molar-refractivity contribution in [1.82, 2.24) is 5.32 Å². The topological polar surface area (TPSA) is 107 Å². The summed E-state index contributed by atoms with van der Waals surface area (Å²) in [6.07, 6.45) is 0. The van der Waals surface area contributed by atoms with E-state index in [9.17, 15) is 4.79 Å². The van der Waals surface area contributed by atoms with E-state index in [0.29, 0.717) is 42.8 Å². The van der Waals surface area contributed by atoms with Gasteiger partial charge in [0.05, 0.1) is 25.5 Å². The predicted octanol–water partition coefficient (Wildman–Crippen LogP) is 2.57. The van der Waals surface area contributed by atoms with Gasteiger partial charge in [-0.15, -0.1) is 0 Å². The van der Waals surface area contributed by atoms with Gasteiger partial charge in [0.1, 0.15) is 0 Å². The molecule has 4 N–H and O–H groups in total. The van der Waals surface area contributed by atoms with Gasteiger partial charge in [-0.25, -0.2) is 4.79 Å². The number of hydrogen-bond donors (Lipinski definition) is 3. The number of nitrogens with one attached hydrogen (secondary N) is 2. The van der Waals surface area contributed by atoms with Crippen LogP contribution in [0.3, 0.4) is 0 Å². The summed E-state index contributed by atoms with van der Waals surface area (Å²) in [5.41, 5.74) is 7.60. The smallest absolute Gasteiger partial charge is 0.326 e. The normalized spacial score (nSPS) is 11.0. The Morgan fingerprint density at radius 1 is 0.960 bits per heavy atom. The Morgan fingerprint density at radius 2 is 1.40 bits per heavy atom. The minimum Gasteiger partial charge on any atom is -0.489 e. The van der Waals surface area contributed by atoms with Gasteiger partial charge in [-0.1, -0.05) is 0 Å². The maximum absolute atomic E-state index is 12.1. The van der Waals surface area contributed by atoms with Crippen molar-refractivity contribution in [3.63, 3.8) is 0 Å². The molecule has 0 saturated heterocycles. The van der Waals surface area contributed by atoms with Crippen LogP contribution in [0.2, 0.25) is 0 Å². The highest BCUT2D eigenvalue weighted by Crippen LogP contribution is 2.47. The number of anilines is 1. The molecule has 0 atom stereocenters. The molecule has 8 nitrogen and oxygen atoms in total. The lowest BCUT2D eigenvalue weighted by molar-refractivity contribution is 0.255. The lowest BCUT2D eigenvalue weighted by atomic mass is 10.0. The fourth-order valence-corrected chi connectivity index (χ4v) is 2.37. The van der Waals surface area contributed by atoms with Crippen molar-refractivity contribution in [1.29, 1.82) is 0 Å². The summed E-state index contributed by atoms with van der Waals surface area (Å²) in [7, 11) is 1.49. The third-order valence-electron chi connectivity index (χ3n) is 3.43. The molecule has 2 amide bonds. The quantitative estimate of drug-likeness (QED) is 0.516. The lowest BCUT2D eigenvalue weighted by Gasteiger charge is -2.23. The third-order valence-corrected chi connectivity index (χ3v) is 3.43. The second-order valence-corrected chi connectivity index (χ2v) is 5.10. The highest BCUT2D eigenvalue weighted by atomic mass is 16.5. The van der Waals surface area contributed by atoms with Gasteiger partial charge in [0, 0.05) is 18.2 Å². The summed E-state index contributed by atoms with van der Waals surface area (Å²) in [4.78, 5) is 15.8. The zero-order valence-corrected chi connectivity index (χ0v) is 15.8. The number of urea groups is 1. The van der Waals surface area contributed by atoms with Crippen LogP contribution in [0.1, 0.15) is 31.9 Å². The summed E-state index contributed by atoms with van der Waals surface area (Å²) in [6.45, 7) is 10.7. The fraction of sp³-hybridized carbons (Fsp3) is 0.529. The number of hydrogen-bond acceptors (Lipinski definition) is 5. The summed E-state index contributed by atoms with van der Waals surface area (Å²) in [5, 5.41) is 5.22. The van der Waals surface area contributed by atoms with Crippen molar-refractivity contribution in [2.45, 2.75) is 34.6 Å². The Kier molecular flexibility index (Phi) is 7.84. The highest BCUT2D eigenvalue weighted by Gasteiger charge is 2.24. The second-order valence-electron chi connectivity index (χ2n) is 5.10. The number of guanidine groups is 1. The molecular formula is C17H28N4O4. The molecule has 0 aliphatic carbocycles. The molecule has 25 heavy (non-hydrogen) atoms. The zero-order chi connectivity index (χ0) is 19.0. The molecule has 0 heterocycles. The number of nitrogens with zero attached hydrogens (tertiary/aromatic N) is 1. The van der Waals surface area contributed by atoms with Crippen LogP contribution in [0, 0.1) is 13.8 Å². The van der Waals surface area contributed by atoms with Crippen molar-refractivity contribution in [2.75, 3.05) is 32.2 Å². The van der Waals surface area contributed by atoms with E-state index in [1.807, 2.05) is 34.6 Å². The van der Waals surface area contributed by atoms with E-state index in [-0.39, 0.29) is 5.96 Å². The molecule has 1 rings (SSSR count). The maximum Gasteiger partial charge on any atom is 0.326 e. The Hall–Kier alpha value is -2.64. The standard InChI is InChI=1S/C17H28N4O4/c1-7-23-13-10(4)12(20-17(22)21-16(18)19-6)11(5)14(24-8-2)15(13)25-9-3/h7-9H2,1-6H3,(H4,18,19,20,21,22). The largest absolute Gasteiger partial charge is 0.489 e. The first kappa shape index (κ1) is 20.4. The van der Waals surface area contributed by atoms with E-state index < -0.39 is 6.03 Å². The third kappa shape index (κ3) is 4.91. The van der Waals surface area contributed by atoms with Crippen LogP contribution in [0.25, 0.3) is 0 Å². The van der Waals surface area contributed by atoms with E-state index in [1.165, 1.54) is 7.05 Å². The summed E-state index contributed by atoms with van der Waals surface area (Å²) in [6, 6.07) is -0.497. The van der Waals surface area contributed by atoms with Crippen LogP contribution in [0.4, 0.5) is 10.5 Å². The van der Waals surface area contributed by atoms with Crippen molar-refractivity contribution >= 4 is 17.7 Å². The molecule has 0 aromatic heterocycles. The first-order chi connectivity index (χ1) is 11.9. The maximum atomic E-state index is 12.1. The van der Waals surface area contributed by atoms with Gasteiger partial charge < -0.3 is 25.3 Å². The van der Waals surface area contributed by atoms with Crippen molar-refractivity contribution in [3.05, 3.63) is 11.1 Å². The van der Waals surface area contributed by atoms with Crippen LogP contribution in [0.5, 0.6) is 17.2 Å². The van der Waals surface area contributed by atoms with Crippen molar-refractivity contribution in [2.24, 2.45) is 10.7 Å². The molecule has 0 saturated carbocycles. The van der Waals surface area contributed by atoms with Crippen LogP contribution in [-0.2, 0) is 0 Å². The van der Waals surface area contributed by atoms with E-state index in [1.54, 1.807) is 0 Å². The number of amides is 2. The molecule has 0 fully saturated rings. The van der Waals surface area contributed by atoms with Crippen molar-refractivity contribution in [3.8, 4) is 17.2 Å². The van der Waals surface area contributed by atoms with Gasteiger partial charge in [0.25, 0.3) is 0 Å². The average molecular weight is 352 g/mol. The van der Waals surface area contributed by atoms with Crippen LogP contribution < -0.4 is 30.6 Å². The molecular weight excluding hydrogens is 324 g/mol. The molecule has 0 spiro atoms. The molecule has 0 aliphatic heterocycles. The van der Waals surface area contributed by atoms with Gasteiger partial charge in [-0.2, -0.15) is 0 Å².